The maximum absolute atomic E-state index is 12.6. The Morgan fingerprint density at radius 2 is 1.58 bits per heavy atom. The van der Waals surface area contributed by atoms with Crippen molar-refractivity contribution in [2.24, 2.45) is 0 Å². The van der Waals surface area contributed by atoms with Crippen LogP contribution < -0.4 is 10.5 Å². The number of anilines is 1. The zero-order valence-corrected chi connectivity index (χ0v) is 14.2. The van der Waals surface area contributed by atoms with Gasteiger partial charge in [-0.3, -0.25) is 0 Å². The summed E-state index contributed by atoms with van der Waals surface area (Å²) in [6, 6.07) is 7.55. The third kappa shape index (κ3) is 4.69. The Kier molecular flexibility index (Phi) is 6.11. The Morgan fingerprint density at radius 3 is 2.15 bits per heavy atom. The monoisotopic (exact) mass is 362 g/mol. The lowest BCUT2D eigenvalue weighted by molar-refractivity contribution is -0.137. The second kappa shape index (κ2) is 8.28. The van der Waals surface area contributed by atoms with Crippen molar-refractivity contribution in [3.63, 3.8) is 0 Å². The number of aromatic nitrogens is 3. The van der Waals surface area contributed by atoms with Crippen LogP contribution in [0.25, 0.3) is 11.4 Å². The van der Waals surface area contributed by atoms with E-state index in [1.807, 2.05) is 13.8 Å². The Morgan fingerprint density at radius 1 is 0.962 bits per heavy atom. The van der Waals surface area contributed by atoms with Crippen LogP contribution in [0.4, 0.5) is 18.9 Å². The minimum Gasteiger partial charge on any atom is -0.438 e. The van der Waals surface area contributed by atoms with E-state index < -0.39 is 11.7 Å². The Labute approximate surface area is 148 Å². The van der Waals surface area contributed by atoms with E-state index in [0.717, 1.165) is 12.1 Å². The summed E-state index contributed by atoms with van der Waals surface area (Å²) in [5, 5.41) is 0. The molecule has 2 aromatic heterocycles. The highest BCUT2D eigenvalue weighted by Gasteiger charge is 2.30. The average molecular weight is 362 g/mol. The lowest BCUT2D eigenvalue weighted by Crippen LogP contribution is -2.04. The fourth-order valence-electron chi connectivity index (χ4n) is 1.97. The third-order valence-corrected chi connectivity index (χ3v) is 3.08. The molecule has 0 aliphatic carbocycles. The van der Waals surface area contributed by atoms with Crippen LogP contribution in [0.15, 0.2) is 55.0 Å². The van der Waals surface area contributed by atoms with Gasteiger partial charge in [-0.15, -0.1) is 0 Å². The molecule has 2 N–H and O–H groups in total. The largest absolute Gasteiger partial charge is 0.438 e. The van der Waals surface area contributed by atoms with Gasteiger partial charge in [-0.25, -0.2) is 15.0 Å². The number of halogens is 3. The molecule has 3 aromatic rings. The first-order chi connectivity index (χ1) is 12.4. The third-order valence-electron chi connectivity index (χ3n) is 3.08. The zero-order valence-electron chi connectivity index (χ0n) is 14.2. The highest BCUT2D eigenvalue weighted by Crippen LogP contribution is 2.33. The molecule has 0 atom stereocenters. The van der Waals surface area contributed by atoms with Crippen molar-refractivity contribution in [3.8, 4) is 23.0 Å². The van der Waals surface area contributed by atoms with Gasteiger partial charge < -0.3 is 10.5 Å². The summed E-state index contributed by atoms with van der Waals surface area (Å²) < 4.78 is 43.4. The summed E-state index contributed by atoms with van der Waals surface area (Å²) in [4.78, 5) is 12.3. The fraction of sp³-hybridized carbons (Fsp3) is 0.167. The van der Waals surface area contributed by atoms with Crippen molar-refractivity contribution in [3.05, 3.63) is 60.6 Å². The van der Waals surface area contributed by atoms with Crippen molar-refractivity contribution in [2.75, 3.05) is 5.73 Å². The molecule has 0 radical (unpaired) electrons. The number of nitrogens with zero attached hydrogens (tertiary/aromatic N) is 3. The molecule has 0 fully saturated rings. The van der Waals surface area contributed by atoms with Gasteiger partial charge in [0.15, 0.2) is 5.82 Å². The first-order valence-corrected chi connectivity index (χ1v) is 7.81. The van der Waals surface area contributed by atoms with Gasteiger partial charge in [0.2, 0.25) is 5.88 Å². The van der Waals surface area contributed by atoms with E-state index >= 15 is 0 Å². The number of nitrogens with two attached hydrogens (primary N) is 1. The van der Waals surface area contributed by atoms with Crippen molar-refractivity contribution < 1.29 is 17.9 Å². The summed E-state index contributed by atoms with van der Waals surface area (Å²) in [6.45, 7) is 4.00. The molecule has 0 aliphatic rings. The molecule has 0 aliphatic heterocycles. The van der Waals surface area contributed by atoms with E-state index in [0.29, 0.717) is 17.1 Å². The maximum atomic E-state index is 12.6. The van der Waals surface area contributed by atoms with Gasteiger partial charge in [0.25, 0.3) is 0 Å². The number of rotatable bonds is 3. The molecule has 3 rings (SSSR count). The number of alkyl halides is 3. The SMILES string of the molecule is CC.Nc1cnc(Oc2ccc(C(F)(F)F)cc2)c(-c2ncccn2)c1. The fourth-order valence-corrected chi connectivity index (χ4v) is 1.97. The van der Waals surface area contributed by atoms with E-state index in [1.54, 1.807) is 24.5 Å². The predicted octanol–water partition coefficient (Wildman–Crippen LogP) is 4.96. The summed E-state index contributed by atoms with van der Waals surface area (Å²) in [6.07, 6.45) is 0.0771. The maximum Gasteiger partial charge on any atom is 0.416 e. The van der Waals surface area contributed by atoms with Crippen LogP contribution in [0.5, 0.6) is 11.6 Å². The smallest absolute Gasteiger partial charge is 0.416 e. The van der Waals surface area contributed by atoms with Gasteiger partial charge in [0.05, 0.1) is 23.0 Å². The summed E-state index contributed by atoms with van der Waals surface area (Å²) in [5.74, 6) is 0.701. The first-order valence-electron chi connectivity index (χ1n) is 7.81. The Hall–Kier alpha value is -3.16. The van der Waals surface area contributed by atoms with Gasteiger partial charge in [-0.1, -0.05) is 13.8 Å². The van der Waals surface area contributed by atoms with Crippen LogP contribution >= 0.6 is 0 Å². The first kappa shape index (κ1) is 19.2. The number of hydrogen-bond acceptors (Lipinski definition) is 5. The molecule has 0 spiro atoms. The standard InChI is InChI=1S/C16H11F3N4O.C2H6/c17-16(18,19)10-2-4-12(5-3-10)24-15-13(8-11(20)9-23-15)14-21-6-1-7-22-14;1-2/h1-9H,20H2;1-2H3. The Balaban J connectivity index is 0.00000117. The number of pyridine rings is 1. The van der Waals surface area contributed by atoms with Gasteiger partial charge in [0, 0.05) is 12.4 Å². The molecular weight excluding hydrogens is 345 g/mol. The second-order valence-electron chi connectivity index (χ2n) is 4.82. The lowest BCUT2D eigenvalue weighted by Gasteiger charge is -2.11. The summed E-state index contributed by atoms with van der Waals surface area (Å²) >= 11 is 0. The van der Waals surface area contributed by atoms with Gasteiger partial charge >= 0.3 is 6.18 Å². The molecule has 1 aromatic carbocycles. The highest BCUT2D eigenvalue weighted by molar-refractivity contribution is 5.66. The van der Waals surface area contributed by atoms with Gasteiger partial charge in [-0.05, 0) is 36.4 Å². The average Bonchev–Trinajstić information content (AvgIpc) is 2.65. The number of nitrogen functional groups attached to an aromatic ring is 1. The van der Waals surface area contributed by atoms with Crippen molar-refractivity contribution in [2.45, 2.75) is 20.0 Å². The minimum absolute atomic E-state index is 0.148. The minimum atomic E-state index is -4.40. The van der Waals surface area contributed by atoms with Crippen LogP contribution in [0.3, 0.4) is 0 Å². The second-order valence-corrected chi connectivity index (χ2v) is 4.82. The van der Waals surface area contributed by atoms with Crippen LogP contribution in [0.2, 0.25) is 0 Å². The molecule has 26 heavy (non-hydrogen) atoms. The number of ether oxygens (including phenoxy) is 1. The van der Waals surface area contributed by atoms with E-state index in [-0.39, 0.29) is 11.6 Å². The number of hydrogen-bond donors (Lipinski definition) is 1. The van der Waals surface area contributed by atoms with Gasteiger partial charge in [0.1, 0.15) is 5.75 Å². The van der Waals surface area contributed by atoms with E-state index in [2.05, 4.69) is 15.0 Å². The van der Waals surface area contributed by atoms with E-state index in [9.17, 15) is 13.2 Å². The molecule has 0 amide bonds. The van der Waals surface area contributed by atoms with Crippen LogP contribution in [0, 0.1) is 0 Å². The van der Waals surface area contributed by atoms with Crippen molar-refractivity contribution in [1.82, 2.24) is 15.0 Å². The normalized spacial score (nSPS) is 10.7. The Bertz CT molecular complexity index is 837. The van der Waals surface area contributed by atoms with Crippen LogP contribution in [0.1, 0.15) is 19.4 Å². The molecule has 5 nitrogen and oxygen atoms in total. The molecule has 8 heteroatoms. The number of benzene rings is 1. The molecule has 0 saturated carbocycles. The molecule has 2 heterocycles. The molecule has 0 saturated heterocycles. The quantitative estimate of drug-likeness (QED) is 0.713. The molecular formula is C18H17F3N4O. The summed E-state index contributed by atoms with van der Waals surface area (Å²) in [7, 11) is 0. The molecule has 0 bridgehead atoms. The molecule has 136 valence electrons. The van der Waals surface area contributed by atoms with Crippen LogP contribution in [-0.4, -0.2) is 15.0 Å². The predicted molar refractivity (Wildman–Crippen MR) is 92.5 cm³/mol. The van der Waals surface area contributed by atoms with Gasteiger partial charge in [-0.2, -0.15) is 13.2 Å². The van der Waals surface area contributed by atoms with Crippen molar-refractivity contribution in [1.29, 1.82) is 0 Å². The summed E-state index contributed by atoms with van der Waals surface area (Å²) in [5.41, 5.74) is 5.80. The van der Waals surface area contributed by atoms with Crippen LogP contribution in [-0.2, 0) is 6.18 Å². The van der Waals surface area contributed by atoms with E-state index in [4.69, 9.17) is 10.5 Å². The van der Waals surface area contributed by atoms with E-state index in [1.165, 1.54) is 18.3 Å². The molecule has 0 unspecified atom stereocenters. The highest BCUT2D eigenvalue weighted by atomic mass is 19.4. The topological polar surface area (TPSA) is 73.9 Å². The lowest BCUT2D eigenvalue weighted by atomic mass is 10.2. The van der Waals surface area contributed by atoms with Crippen molar-refractivity contribution >= 4 is 5.69 Å². The zero-order chi connectivity index (χ0) is 19.2.